The zero-order valence-electron chi connectivity index (χ0n) is 21.3. The van der Waals surface area contributed by atoms with Crippen LogP contribution >= 0.6 is 0 Å². The molecule has 1 atom stereocenters. The van der Waals surface area contributed by atoms with Gasteiger partial charge in [0.25, 0.3) is 0 Å². The summed E-state index contributed by atoms with van der Waals surface area (Å²) in [6.07, 6.45) is 3.42. The quantitative estimate of drug-likeness (QED) is 0.454. The van der Waals surface area contributed by atoms with Crippen molar-refractivity contribution < 1.29 is 4.74 Å². The number of rotatable bonds is 8. The minimum atomic E-state index is 0.520. The SMILES string of the molecule is COCc1ccc(N2CCN(C)CC2)c2c1CC[C@@H](N(Cc1ccccc1)Cc1ccccc1)C2. The second-order valence-electron chi connectivity index (χ2n) is 10.2. The molecule has 0 bridgehead atoms. The van der Waals surface area contributed by atoms with Crippen LogP contribution in [0.1, 0.15) is 34.2 Å². The van der Waals surface area contributed by atoms with E-state index in [4.69, 9.17) is 4.74 Å². The summed E-state index contributed by atoms with van der Waals surface area (Å²) in [6.45, 7) is 7.14. The Bertz CT molecular complexity index is 1040. The van der Waals surface area contributed by atoms with Gasteiger partial charge in [-0.2, -0.15) is 0 Å². The van der Waals surface area contributed by atoms with E-state index in [-0.39, 0.29) is 0 Å². The molecule has 0 aromatic heterocycles. The zero-order chi connectivity index (χ0) is 24.0. The molecule has 4 heteroatoms. The third-order valence-electron chi connectivity index (χ3n) is 7.79. The van der Waals surface area contributed by atoms with Crippen LogP contribution in [0.2, 0.25) is 0 Å². The lowest BCUT2D eigenvalue weighted by Gasteiger charge is -2.40. The van der Waals surface area contributed by atoms with Gasteiger partial charge in [0.05, 0.1) is 6.61 Å². The van der Waals surface area contributed by atoms with E-state index in [1.165, 1.54) is 28.8 Å². The van der Waals surface area contributed by atoms with Gasteiger partial charge in [0.1, 0.15) is 0 Å². The van der Waals surface area contributed by atoms with Crippen molar-refractivity contribution in [3.63, 3.8) is 0 Å². The van der Waals surface area contributed by atoms with Crippen molar-refractivity contribution in [3.8, 4) is 0 Å². The Morgan fingerprint density at radius 2 is 1.43 bits per heavy atom. The molecule has 1 saturated heterocycles. The number of fused-ring (bicyclic) bond motifs is 1. The van der Waals surface area contributed by atoms with Crippen LogP contribution in [-0.4, -0.2) is 56.2 Å². The zero-order valence-corrected chi connectivity index (χ0v) is 21.3. The molecule has 1 aliphatic carbocycles. The molecular weight excluding hydrogens is 430 g/mol. The van der Waals surface area contributed by atoms with Crippen molar-refractivity contribution in [3.05, 3.63) is 101 Å². The summed E-state index contributed by atoms with van der Waals surface area (Å²) < 4.78 is 5.60. The molecule has 1 aliphatic heterocycles. The number of benzene rings is 3. The monoisotopic (exact) mass is 469 g/mol. The first-order valence-electron chi connectivity index (χ1n) is 13.1. The maximum absolute atomic E-state index is 5.60. The molecule has 35 heavy (non-hydrogen) atoms. The van der Waals surface area contributed by atoms with Gasteiger partial charge in [-0.1, -0.05) is 66.7 Å². The highest BCUT2D eigenvalue weighted by molar-refractivity contribution is 5.60. The molecule has 0 radical (unpaired) electrons. The van der Waals surface area contributed by atoms with E-state index in [9.17, 15) is 0 Å². The fraction of sp³-hybridized carbons (Fsp3) is 0.419. The lowest BCUT2D eigenvalue weighted by molar-refractivity contribution is 0.160. The molecule has 2 aliphatic rings. The van der Waals surface area contributed by atoms with E-state index in [2.05, 4.69) is 94.5 Å². The highest BCUT2D eigenvalue weighted by Gasteiger charge is 2.29. The standard InChI is InChI=1S/C31H39N3O/c1-32-17-19-33(20-18-32)31-16-13-27(24-35-2)29-15-14-28(21-30(29)31)34(22-25-9-5-3-6-10-25)23-26-11-7-4-8-12-26/h3-13,16,28H,14-15,17-24H2,1-2H3/t28-/m1/s1. The van der Waals surface area contributed by atoms with Gasteiger partial charge in [0.2, 0.25) is 0 Å². The van der Waals surface area contributed by atoms with E-state index >= 15 is 0 Å². The van der Waals surface area contributed by atoms with Crippen LogP contribution in [0.4, 0.5) is 5.69 Å². The molecule has 3 aromatic rings. The predicted molar refractivity (Wildman–Crippen MR) is 145 cm³/mol. The maximum Gasteiger partial charge on any atom is 0.0715 e. The van der Waals surface area contributed by atoms with E-state index in [0.29, 0.717) is 12.6 Å². The highest BCUT2D eigenvalue weighted by atomic mass is 16.5. The lowest BCUT2D eigenvalue weighted by atomic mass is 9.83. The first kappa shape index (κ1) is 24.1. The predicted octanol–water partition coefficient (Wildman–Crippen LogP) is 5.14. The molecule has 0 N–H and O–H groups in total. The molecule has 3 aromatic carbocycles. The number of methoxy groups -OCH3 is 1. The summed E-state index contributed by atoms with van der Waals surface area (Å²) in [5.41, 5.74) is 8.71. The minimum Gasteiger partial charge on any atom is -0.380 e. The van der Waals surface area contributed by atoms with Gasteiger partial charge >= 0.3 is 0 Å². The molecule has 1 fully saturated rings. The topological polar surface area (TPSA) is 19.0 Å². The number of hydrogen-bond acceptors (Lipinski definition) is 4. The Balaban J connectivity index is 1.45. The van der Waals surface area contributed by atoms with Crippen molar-refractivity contribution in [2.24, 2.45) is 0 Å². The van der Waals surface area contributed by atoms with Crippen LogP contribution in [0, 0.1) is 0 Å². The Hall–Kier alpha value is -2.66. The van der Waals surface area contributed by atoms with Gasteiger partial charge in [-0.3, -0.25) is 4.90 Å². The number of likely N-dealkylation sites (N-methyl/N-ethyl adjacent to an activating group) is 1. The fourth-order valence-corrected chi connectivity index (χ4v) is 5.81. The molecule has 0 spiro atoms. The number of piperazine rings is 1. The van der Waals surface area contributed by atoms with E-state index in [1.807, 2.05) is 7.11 Å². The van der Waals surface area contributed by atoms with Gasteiger partial charge < -0.3 is 14.5 Å². The molecule has 5 rings (SSSR count). The van der Waals surface area contributed by atoms with Crippen LogP contribution < -0.4 is 4.90 Å². The number of hydrogen-bond donors (Lipinski definition) is 0. The molecule has 1 heterocycles. The normalized spacial score (nSPS) is 18.6. The van der Waals surface area contributed by atoms with Crippen LogP contribution in [-0.2, 0) is 37.3 Å². The van der Waals surface area contributed by atoms with Crippen molar-refractivity contribution in [1.82, 2.24) is 9.80 Å². The van der Waals surface area contributed by atoms with Gasteiger partial charge in [0, 0.05) is 58.1 Å². The van der Waals surface area contributed by atoms with Crippen LogP contribution in [0.15, 0.2) is 72.8 Å². The van der Waals surface area contributed by atoms with Gasteiger partial charge in [-0.05, 0) is 60.2 Å². The Morgan fingerprint density at radius 1 is 0.800 bits per heavy atom. The average Bonchev–Trinajstić information content (AvgIpc) is 2.90. The van der Waals surface area contributed by atoms with E-state index in [0.717, 1.165) is 52.1 Å². The molecule has 0 amide bonds. The molecule has 184 valence electrons. The van der Waals surface area contributed by atoms with Crippen LogP contribution in [0.3, 0.4) is 0 Å². The van der Waals surface area contributed by atoms with Gasteiger partial charge in [-0.15, -0.1) is 0 Å². The third-order valence-corrected chi connectivity index (χ3v) is 7.79. The molecular formula is C31H39N3O. The van der Waals surface area contributed by atoms with Crippen LogP contribution in [0.25, 0.3) is 0 Å². The number of anilines is 1. The number of ether oxygens (including phenoxy) is 1. The molecule has 4 nitrogen and oxygen atoms in total. The number of nitrogens with zero attached hydrogens (tertiary/aromatic N) is 3. The highest BCUT2D eigenvalue weighted by Crippen LogP contribution is 2.36. The summed E-state index contributed by atoms with van der Waals surface area (Å²) >= 11 is 0. The van der Waals surface area contributed by atoms with Crippen molar-refractivity contribution in [2.75, 3.05) is 45.2 Å². The first-order chi connectivity index (χ1) is 17.2. The Morgan fingerprint density at radius 3 is 2.03 bits per heavy atom. The summed E-state index contributed by atoms with van der Waals surface area (Å²) in [4.78, 5) is 7.77. The fourth-order valence-electron chi connectivity index (χ4n) is 5.81. The van der Waals surface area contributed by atoms with Gasteiger partial charge in [0.15, 0.2) is 0 Å². The van der Waals surface area contributed by atoms with Crippen molar-refractivity contribution >= 4 is 5.69 Å². The smallest absolute Gasteiger partial charge is 0.0715 e. The summed E-state index contributed by atoms with van der Waals surface area (Å²) in [7, 11) is 4.05. The average molecular weight is 470 g/mol. The first-order valence-corrected chi connectivity index (χ1v) is 13.1. The minimum absolute atomic E-state index is 0.520. The Kier molecular flexibility index (Phi) is 7.82. The lowest BCUT2D eigenvalue weighted by Crippen LogP contribution is -2.45. The third kappa shape index (κ3) is 5.78. The summed E-state index contributed by atoms with van der Waals surface area (Å²) in [6, 6.07) is 27.1. The summed E-state index contributed by atoms with van der Waals surface area (Å²) in [5.74, 6) is 0. The molecule has 0 unspecified atom stereocenters. The van der Waals surface area contributed by atoms with Gasteiger partial charge in [-0.25, -0.2) is 0 Å². The van der Waals surface area contributed by atoms with Crippen molar-refractivity contribution in [1.29, 1.82) is 0 Å². The van der Waals surface area contributed by atoms with E-state index in [1.54, 1.807) is 11.1 Å². The Labute approximate surface area is 211 Å². The van der Waals surface area contributed by atoms with E-state index < -0.39 is 0 Å². The van der Waals surface area contributed by atoms with Crippen LogP contribution in [0.5, 0.6) is 0 Å². The maximum atomic E-state index is 5.60. The largest absolute Gasteiger partial charge is 0.380 e. The molecule has 0 saturated carbocycles. The summed E-state index contributed by atoms with van der Waals surface area (Å²) in [5, 5.41) is 0. The second kappa shape index (κ2) is 11.4. The second-order valence-corrected chi connectivity index (χ2v) is 10.2. The van der Waals surface area contributed by atoms with Crippen molar-refractivity contribution in [2.45, 2.75) is 45.0 Å².